The zero-order valence-corrected chi connectivity index (χ0v) is 7.91. The molecule has 0 N–H and O–H groups in total. The van der Waals surface area contributed by atoms with Crippen molar-refractivity contribution in [2.45, 2.75) is 20.3 Å². The van der Waals surface area contributed by atoms with E-state index in [9.17, 15) is 0 Å². The highest BCUT2D eigenvalue weighted by atomic mass is 14.8. The third kappa shape index (κ3) is 1.39. The van der Waals surface area contributed by atoms with E-state index in [1.165, 1.54) is 10.9 Å². The fourth-order valence-electron chi connectivity index (χ4n) is 1.56. The first-order chi connectivity index (χ1) is 6.31. The van der Waals surface area contributed by atoms with Crippen LogP contribution in [0.25, 0.3) is 11.0 Å². The van der Waals surface area contributed by atoms with E-state index in [2.05, 4.69) is 29.0 Å². The predicted molar refractivity (Wildman–Crippen MR) is 53.7 cm³/mol. The van der Waals surface area contributed by atoms with Gasteiger partial charge in [-0.05, 0) is 37.1 Å². The third-order valence-corrected chi connectivity index (χ3v) is 2.18. The lowest BCUT2D eigenvalue weighted by Gasteiger charge is -2.03. The van der Waals surface area contributed by atoms with Gasteiger partial charge in [0.15, 0.2) is 5.65 Å². The van der Waals surface area contributed by atoms with E-state index >= 15 is 0 Å². The molecule has 0 amide bonds. The van der Waals surface area contributed by atoms with Crippen molar-refractivity contribution in [1.82, 2.24) is 9.97 Å². The molecular formula is C11H12N2. The Bertz CT molecular complexity index is 435. The summed E-state index contributed by atoms with van der Waals surface area (Å²) < 4.78 is 0. The summed E-state index contributed by atoms with van der Waals surface area (Å²) in [6.45, 7) is 4.16. The summed E-state index contributed by atoms with van der Waals surface area (Å²) in [6.07, 6.45) is 2.82. The molecule has 2 nitrogen and oxygen atoms in total. The average Bonchev–Trinajstić information content (AvgIpc) is 2.16. The molecular weight excluding hydrogens is 160 g/mol. The van der Waals surface area contributed by atoms with Crippen LogP contribution in [0.5, 0.6) is 0 Å². The predicted octanol–water partition coefficient (Wildman–Crippen LogP) is 2.50. The second-order valence-corrected chi connectivity index (χ2v) is 3.15. The van der Waals surface area contributed by atoms with Crippen molar-refractivity contribution >= 4 is 11.0 Å². The van der Waals surface area contributed by atoms with Crippen LogP contribution in [0.1, 0.15) is 18.2 Å². The maximum absolute atomic E-state index is 4.37. The number of hydrogen-bond acceptors (Lipinski definition) is 2. The van der Waals surface area contributed by atoms with Gasteiger partial charge in [0.05, 0.1) is 0 Å². The van der Waals surface area contributed by atoms with Gasteiger partial charge in [-0.2, -0.15) is 0 Å². The fraction of sp³-hybridized carbons (Fsp3) is 0.273. The van der Waals surface area contributed by atoms with E-state index < -0.39 is 0 Å². The summed E-state index contributed by atoms with van der Waals surface area (Å²) in [5.41, 5.74) is 3.23. The van der Waals surface area contributed by atoms with E-state index in [1.807, 2.05) is 13.0 Å². The third-order valence-electron chi connectivity index (χ3n) is 2.18. The first-order valence-corrected chi connectivity index (χ1v) is 4.52. The van der Waals surface area contributed by atoms with Crippen molar-refractivity contribution in [3.63, 3.8) is 0 Å². The minimum atomic E-state index is 0.861. The van der Waals surface area contributed by atoms with Crippen LogP contribution >= 0.6 is 0 Å². The van der Waals surface area contributed by atoms with Gasteiger partial charge in [-0.3, -0.25) is 0 Å². The molecule has 0 aliphatic carbocycles. The Kier molecular flexibility index (Phi) is 1.97. The molecule has 0 saturated carbocycles. The van der Waals surface area contributed by atoms with Crippen LogP contribution in [0, 0.1) is 6.92 Å². The monoisotopic (exact) mass is 172 g/mol. The highest BCUT2D eigenvalue weighted by Gasteiger charge is 2.01. The zero-order valence-electron chi connectivity index (χ0n) is 7.91. The normalized spacial score (nSPS) is 10.6. The van der Waals surface area contributed by atoms with Crippen LogP contribution in [0.2, 0.25) is 0 Å². The molecule has 2 rings (SSSR count). The van der Waals surface area contributed by atoms with E-state index in [-0.39, 0.29) is 0 Å². The Balaban J connectivity index is 2.81. The summed E-state index contributed by atoms with van der Waals surface area (Å²) in [5, 5.41) is 1.18. The molecule has 13 heavy (non-hydrogen) atoms. The molecule has 0 atom stereocenters. The van der Waals surface area contributed by atoms with Gasteiger partial charge >= 0.3 is 0 Å². The fourth-order valence-corrected chi connectivity index (χ4v) is 1.56. The Morgan fingerprint density at radius 2 is 2.23 bits per heavy atom. The lowest BCUT2D eigenvalue weighted by Crippen LogP contribution is -1.91. The van der Waals surface area contributed by atoms with E-state index in [0.717, 1.165) is 17.8 Å². The Morgan fingerprint density at radius 1 is 1.38 bits per heavy atom. The molecule has 2 heterocycles. The van der Waals surface area contributed by atoms with Gasteiger partial charge in [0.1, 0.15) is 0 Å². The van der Waals surface area contributed by atoms with Gasteiger partial charge in [-0.1, -0.05) is 6.92 Å². The Hall–Kier alpha value is -1.44. The summed E-state index contributed by atoms with van der Waals surface area (Å²) in [5.74, 6) is 0. The van der Waals surface area contributed by atoms with Gasteiger partial charge in [0.2, 0.25) is 0 Å². The summed E-state index contributed by atoms with van der Waals surface area (Å²) in [6, 6.07) is 6.16. The maximum Gasteiger partial charge on any atom is 0.159 e. The van der Waals surface area contributed by atoms with Crippen LogP contribution in [-0.2, 0) is 6.42 Å². The minimum Gasteiger partial charge on any atom is -0.237 e. The van der Waals surface area contributed by atoms with Crippen LogP contribution in [0.15, 0.2) is 24.4 Å². The minimum absolute atomic E-state index is 0.861. The maximum atomic E-state index is 4.37. The van der Waals surface area contributed by atoms with E-state index in [0.29, 0.717) is 0 Å². The molecule has 0 radical (unpaired) electrons. The molecule has 2 heteroatoms. The Labute approximate surface area is 77.6 Å². The lowest BCUT2D eigenvalue weighted by molar-refractivity contribution is 1.11. The molecule has 2 aromatic rings. The number of hydrogen-bond donors (Lipinski definition) is 0. The van der Waals surface area contributed by atoms with Gasteiger partial charge in [0, 0.05) is 17.3 Å². The highest BCUT2D eigenvalue weighted by molar-refractivity contribution is 5.78. The molecule has 2 aromatic heterocycles. The average molecular weight is 172 g/mol. The number of aromatic nitrogens is 2. The molecule has 0 aliphatic heterocycles. The standard InChI is InChI=1S/C11H12N2/c1-3-9-7-8(2)13-11-10(9)5-4-6-12-11/h4-7H,3H2,1-2H3. The smallest absolute Gasteiger partial charge is 0.159 e. The molecule has 0 unspecified atom stereocenters. The van der Waals surface area contributed by atoms with Crippen molar-refractivity contribution in [1.29, 1.82) is 0 Å². The van der Waals surface area contributed by atoms with Crippen molar-refractivity contribution in [3.05, 3.63) is 35.7 Å². The molecule has 0 fully saturated rings. The number of aryl methyl sites for hydroxylation is 2. The molecule has 66 valence electrons. The van der Waals surface area contributed by atoms with Crippen LogP contribution < -0.4 is 0 Å². The van der Waals surface area contributed by atoms with Crippen molar-refractivity contribution in [2.75, 3.05) is 0 Å². The molecule has 0 bridgehead atoms. The zero-order chi connectivity index (χ0) is 9.26. The SMILES string of the molecule is CCc1cc(C)nc2ncccc12. The summed E-state index contributed by atoms with van der Waals surface area (Å²) >= 11 is 0. The molecule has 0 spiro atoms. The molecule has 0 saturated heterocycles. The lowest BCUT2D eigenvalue weighted by atomic mass is 10.1. The quantitative estimate of drug-likeness (QED) is 0.660. The van der Waals surface area contributed by atoms with Crippen LogP contribution in [0.3, 0.4) is 0 Å². The van der Waals surface area contributed by atoms with Crippen LogP contribution in [0.4, 0.5) is 0 Å². The van der Waals surface area contributed by atoms with Gasteiger partial charge in [-0.25, -0.2) is 9.97 Å². The Morgan fingerprint density at radius 3 is 3.00 bits per heavy atom. The van der Waals surface area contributed by atoms with Gasteiger partial charge < -0.3 is 0 Å². The summed E-state index contributed by atoms with van der Waals surface area (Å²) in [4.78, 5) is 8.61. The topological polar surface area (TPSA) is 25.8 Å². The largest absolute Gasteiger partial charge is 0.237 e. The van der Waals surface area contributed by atoms with Crippen LogP contribution in [-0.4, -0.2) is 9.97 Å². The number of nitrogens with zero attached hydrogens (tertiary/aromatic N) is 2. The van der Waals surface area contributed by atoms with Gasteiger partial charge in [-0.15, -0.1) is 0 Å². The van der Waals surface area contributed by atoms with E-state index in [1.54, 1.807) is 6.20 Å². The number of rotatable bonds is 1. The number of fused-ring (bicyclic) bond motifs is 1. The van der Waals surface area contributed by atoms with E-state index in [4.69, 9.17) is 0 Å². The highest BCUT2D eigenvalue weighted by Crippen LogP contribution is 2.16. The molecule has 0 aromatic carbocycles. The van der Waals surface area contributed by atoms with Crippen molar-refractivity contribution in [2.24, 2.45) is 0 Å². The molecule has 0 aliphatic rings. The van der Waals surface area contributed by atoms with Gasteiger partial charge in [0.25, 0.3) is 0 Å². The van der Waals surface area contributed by atoms with Crippen molar-refractivity contribution in [3.8, 4) is 0 Å². The van der Waals surface area contributed by atoms with Crippen molar-refractivity contribution < 1.29 is 0 Å². The first kappa shape index (κ1) is 8.17. The first-order valence-electron chi connectivity index (χ1n) is 4.52. The second-order valence-electron chi connectivity index (χ2n) is 3.15. The summed E-state index contributed by atoms with van der Waals surface area (Å²) in [7, 11) is 0. The second kappa shape index (κ2) is 3.13. The number of pyridine rings is 2.